The molecule has 0 aromatic carbocycles. The Kier molecular flexibility index (Phi) is 4.61. The molecule has 2 aromatic rings. The van der Waals surface area contributed by atoms with Gasteiger partial charge >= 0.3 is 6.18 Å². The Morgan fingerprint density at radius 2 is 2.15 bits per heavy atom. The third-order valence-corrected chi connectivity index (χ3v) is 5.61. The second-order valence-corrected chi connectivity index (χ2v) is 7.67. The van der Waals surface area contributed by atoms with E-state index in [2.05, 4.69) is 20.3 Å². The fourth-order valence-corrected chi connectivity index (χ4v) is 4.19. The molecule has 1 saturated heterocycles. The average Bonchev–Trinajstić information content (AvgIpc) is 3.21. The predicted octanol–water partition coefficient (Wildman–Crippen LogP) is 4.23. The third-order valence-electron chi connectivity index (χ3n) is 5.61. The highest BCUT2D eigenvalue weighted by Gasteiger charge is 2.46. The standard InChI is InChI=1S/C19H24F3N5/c1-12-10-23-6-5-14(12)11-26-7-3-4-16(26)15-9-18-24-13(2)8-17(19(20,21)22)27(18)25-15/h5-6,9-10,13,16-17,24H,3-4,7-8,11H2,1-2H3/t13-,16?,17-/m1/s1. The number of fused-ring (bicyclic) bond motifs is 1. The first kappa shape index (κ1) is 18.3. The molecular formula is C19H24F3N5. The van der Waals surface area contributed by atoms with E-state index in [0.717, 1.165) is 41.9 Å². The van der Waals surface area contributed by atoms with Gasteiger partial charge in [0.1, 0.15) is 5.82 Å². The van der Waals surface area contributed by atoms with Gasteiger partial charge in [0.15, 0.2) is 6.04 Å². The molecule has 1 N–H and O–H groups in total. The van der Waals surface area contributed by atoms with Crippen LogP contribution in [0.2, 0.25) is 0 Å². The fourth-order valence-electron chi connectivity index (χ4n) is 4.19. The Labute approximate surface area is 156 Å². The lowest BCUT2D eigenvalue weighted by Crippen LogP contribution is -2.37. The molecule has 1 unspecified atom stereocenters. The molecule has 0 saturated carbocycles. The van der Waals surface area contributed by atoms with Crippen LogP contribution in [0.25, 0.3) is 0 Å². The summed E-state index contributed by atoms with van der Waals surface area (Å²) in [7, 11) is 0. The number of halogens is 3. The first-order chi connectivity index (χ1) is 12.8. The first-order valence-electron chi connectivity index (χ1n) is 9.39. The quantitative estimate of drug-likeness (QED) is 0.867. The number of hydrogen-bond acceptors (Lipinski definition) is 4. The van der Waals surface area contributed by atoms with Crippen molar-refractivity contribution in [2.75, 3.05) is 11.9 Å². The highest BCUT2D eigenvalue weighted by atomic mass is 19.4. The van der Waals surface area contributed by atoms with Crippen molar-refractivity contribution >= 4 is 5.82 Å². The highest BCUT2D eigenvalue weighted by molar-refractivity contribution is 5.42. The molecule has 2 aliphatic rings. The summed E-state index contributed by atoms with van der Waals surface area (Å²) in [6.07, 6.45) is 1.26. The molecule has 2 aromatic heterocycles. The third kappa shape index (κ3) is 3.54. The van der Waals surface area contributed by atoms with E-state index in [0.29, 0.717) is 5.82 Å². The van der Waals surface area contributed by atoms with E-state index in [1.54, 1.807) is 19.2 Å². The maximum Gasteiger partial charge on any atom is 0.410 e. The molecular weight excluding hydrogens is 355 g/mol. The summed E-state index contributed by atoms with van der Waals surface area (Å²) >= 11 is 0. The van der Waals surface area contributed by atoms with Gasteiger partial charge in [-0.2, -0.15) is 18.3 Å². The van der Waals surface area contributed by atoms with E-state index in [-0.39, 0.29) is 18.5 Å². The van der Waals surface area contributed by atoms with Crippen LogP contribution in [0.15, 0.2) is 24.5 Å². The van der Waals surface area contributed by atoms with Gasteiger partial charge in [0, 0.05) is 31.0 Å². The van der Waals surface area contributed by atoms with Gasteiger partial charge in [0.2, 0.25) is 0 Å². The minimum Gasteiger partial charge on any atom is -0.368 e. The maximum absolute atomic E-state index is 13.5. The van der Waals surface area contributed by atoms with Crippen LogP contribution < -0.4 is 5.32 Å². The normalized spacial score (nSPS) is 26.0. The molecule has 27 heavy (non-hydrogen) atoms. The van der Waals surface area contributed by atoms with Crippen molar-refractivity contribution in [2.24, 2.45) is 0 Å². The Morgan fingerprint density at radius 1 is 1.33 bits per heavy atom. The van der Waals surface area contributed by atoms with Gasteiger partial charge in [-0.3, -0.25) is 9.88 Å². The molecule has 0 aliphatic carbocycles. The van der Waals surface area contributed by atoms with Crippen molar-refractivity contribution in [3.05, 3.63) is 41.3 Å². The molecule has 2 aliphatic heterocycles. The smallest absolute Gasteiger partial charge is 0.368 e. The van der Waals surface area contributed by atoms with E-state index >= 15 is 0 Å². The summed E-state index contributed by atoms with van der Waals surface area (Å²) in [5, 5.41) is 7.56. The van der Waals surface area contributed by atoms with Gasteiger partial charge < -0.3 is 5.32 Å². The second-order valence-electron chi connectivity index (χ2n) is 7.67. The molecule has 0 spiro atoms. The zero-order chi connectivity index (χ0) is 19.2. The van der Waals surface area contributed by atoms with Crippen LogP contribution in [0.5, 0.6) is 0 Å². The number of aryl methyl sites for hydroxylation is 1. The van der Waals surface area contributed by atoms with Gasteiger partial charge in [-0.25, -0.2) is 4.68 Å². The summed E-state index contributed by atoms with van der Waals surface area (Å²) in [4.78, 5) is 6.44. The molecule has 4 rings (SSSR count). The number of pyridine rings is 1. The van der Waals surface area contributed by atoms with E-state index in [1.807, 2.05) is 19.2 Å². The number of likely N-dealkylation sites (tertiary alicyclic amines) is 1. The maximum atomic E-state index is 13.5. The predicted molar refractivity (Wildman–Crippen MR) is 96.4 cm³/mol. The van der Waals surface area contributed by atoms with Crippen molar-refractivity contribution in [1.82, 2.24) is 19.7 Å². The molecule has 8 heteroatoms. The fraction of sp³-hybridized carbons (Fsp3) is 0.579. The van der Waals surface area contributed by atoms with Crippen LogP contribution in [0.3, 0.4) is 0 Å². The summed E-state index contributed by atoms with van der Waals surface area (Å²) in [5.74, 6) is 0.470. The molecule has 0 bridgehead atoms. The lowest BCUT2D eigenvalue weighted by molar-refractivity contribution is -0.173. The number of hydrogen-bond donors (Lipinski definition) is 1. The Bertz CT molecular complexity index is 816. The van der Waals surface area contributed by atoms with Gasteiger partial charge in [-0.05, 0) is 56.8 Å². The van der Waals surface area contributed by atoms with Gasteiger partial charge in [-0.15, -0.1) is 0 Å². The minimum absolute atomic E-state index is 0.00219. The van der Waals surface area contributed by atoms with Crippen molar-refractivity contribution in [3.63, 3.8) is 0 Å². The zero-order valence-corrected chi connectivity index (χ0v) is 15.5. The van der Waals surface area contributed by atoms with Crippen LogP contribution in [0, 0.1) is 6.92 Å². The van der Waals surface area contributed by atoms with Crippen molar-refractivity contribution < 1.29 is 13.2 Å². The Balaban J connectivity index is 1.61. The number of rotatable bonds is 3. The average molecular weight is 379 g/mol. The summed E-state index contributed by atoms with van der Waals surface area (Å²) in [6.45, 7) is 5.49. The van der Waals surface area contributed by atoms with Crippen LogP contribution in [0.1, 0.15) is 55.1 Å². The van der Waals surface area contributed by atoms with Crippen molar-refractivity contribution in [3.8, 4) is 0 Å². The number of nitrogens with zero attached hydrogens (tertiary/aromatic N) is 4. The monoisotopic (exact) mass is 379 g/mol. The number of aromatic nitrogens is 3. The van der Waals surface area contributed by atoms with Crippen molar-refractivity contribution in [1.29, 1.82) is 0 Å². The number of anilines is 1. The zero-order valence-electron chi connectivity index (χ0n) is 15.5. The van der Waals surface area contributed by atoms with E-state index in [1.165, 1.54) is 5.56 Å². The van der Waals surface area contributed by atoms with E-state index < -0.39 is 12.2 Å². The van der Waals surface area contributed by atoms with Crippen molar-refractivity contribution in [2.45, 2.75) is 64.0 Å². The van der Waals surface area contributed by atoms with Gasteiger partial charge in [0.05, 0.1) is 11.7 Å². The molecule has 1 fully saturated rings. The SMILES string of the molecule is Cc1cnccc1CN1CCCC1c1cc2n(n1)[C@@H](C(F)(F)F)C[C@@H](C)N2. The minimum atomic E-state index is -4.29. The molecule has 0 radical (unpaired) electrons. The van der Waals surface area contributed by atoms with Crippen LogP contribution in [-0.2, 0) is 6.54 Å². The molecule has 146 valence electrons. The molecule has 0 amide bonds. The summed E-state index contributed by atoms with van der Waals surface area (Å²) in [5.41, 5.74) is 3.05. The number of nitrogens with one attached hydrogen (secondary N) is 1. The second kappa shape index (κ2) is 6.82. The largest absolute Gasteiger partial charge is 0.410 e. The Morgan fingerprint density at radius 3 is 2.89 bits per heavy atom. The molecule has 4 heterocycles. The lowest BCUT2D eigenvalue weighted by atomic mass is 10.1. The number of alkyl halides is 3. The highest BCUT2D eigenvalue weighted by Crippen LogP contribution is 2.41. The Hall–Kier alpha value is -2.09. The van der Waals surface area contributed by atoms with Gasteiger partial charge in [-0.1, -0.05) is 0 Å². The molecule has 5 nitrogen and oxygen atoms in total. The lowest BCUT2D eigenvalue weighted by Gasteiger charge is -2.31. The summed E-state index contributed by atoms with van der Waals surface area (Å²) < 4.78 is 41.6. The van der Waals surface area contributed by atoms with E-state index in [4.69, 9.17) is 0 Å². The van der Waals surface area contributed by atoms with Gasteiger partial charge in [0.25, 0.3) is 0 Å². The van der Waals surface area contributed by atoms with E-state index in [9.17, 15) is 13.2 Å². The van der Waals surface area contributed by atoms with Crippen LogP contribution >= 0.6 is 0 Å². The molecule has 3 atom stereocenters. The first-order valence-corrected chi connectivity index (χ1v) is 9.39. The van der Waals surface area contributed by atoms with Crippen LogP contribution in [-0.4, -0.2) is 38.4 Å². The van der Waals surface area contributed by atoms with Crippen LogP contribution in [0.4, 0.5) is 19.0 Å². The summed E-state index contributed by atoms with van der Waals surface area (Å²) in [6, 6.07) is 2.06. The topological polar surface area (TPSA) is 46.0 Å².